The van der Waals surface area contributed by atoms with Crippen LogP contribution in [0.4, 0.5) is 18.9 Å². The highest BCUT2D eigenvalue weighted by atomic mass is 19.4. The van der Waals surface area contributed by atoms with E-state index in [-0.39, 0.29) is 31.3 Å². The molecule has 1 aromatic rings. The van der Waals surface area contributed by atoms with Crippen molar-refractivity contribution < 1.29 is 32.2 Å². The van der Waals surface area contributed by atoms with Crippen LogP contribution in [0, 0.1) is 0 Å². The highest BCUT2D eigenvalue weighted by molar-refractivity contribution is 5.93. The predicted octanol–water partition coefficient (Wildman–Crippen LogP) is 2.71. The molecule has 0 aliphatic rings. The van der Waals surface area contributed by atoms with Gasteiger partial charge in [0.2, 0.25) is 5.91 Å². The minimum atomic E-state index is -4.51. The molecule has 0 aromatic heterocycles. The number of amides is 1. The lowest BCUT2D eigenvalue weighted by atomic mass is 10.1. The lowest BCUT2D eigenvalue weighted by Gasteiger charge is -2.15. The molecule has 8 heteroatoms. The maximum Gasteiger partial charge on any atom is 0.416 e. The molecule has 0 radical (unpaired) electrons. The molecule has 0 aliphatic heterocycles. The van der Waals surface area contributed by atoms with Gasteiger partial charge >= 0.3 is 6.18 Å². The van der Waals surface area contributed by atoms with Crippen LogP contribution in [0.15, 0.2) is 18.2 Å². The van der Waals surface area contributed by atoms with Gasteiger partial charge in [0.15, 0.2) is 0 Å². The number of carbonyl (C=O) groups is 1. The van der Waals surface area contributed by atoms with Crippen LogP contribution in [0.5, 0.6) is 5.75 Å². The second-order valence-corrected chi connectivity index (χ2v) is 4.24. The SMILES string of the molecule is CCOCC(=O)Nc1cc(C(F)(F)F)ccc1OCCOC. The number of nitrogens with one attached hydrogen (secondary N) is 1. The molecular weight excluding hydrogens is 303 g/mol. The first-order valence-electron chi connectivity index (χ1n) is 6.59. The zero-order valence-electron chi connectivity index (χ0n) is 12.3. The van der Waals surface area contributed by atoms with Crippen LogP contribution >= 0.6 is 0 Å². The van der Waals surface area contributed by atoms with Crippen LogP contribution in [-0.4, -0.2) is 39.4 Å². The Morgan fingerprint density at radius 3 is 2.59 bits per heavy atom. The number of benzene rings is 1. The van der Waals surface area contributed by atoms with Crippen molar-refractivity contribution in [2.75, 3.05) is 38.9 Å². The minimum Gasteiger partial charge on any atom is -0.489 e. The lowest BCUT2D eigenvalue weighted by molar-refractivity contribution is -0.137. The Morgan fingerprint density at radius 1 is 1.27 bits per heavy atom. The number of alkyl halides is 3. The molecular formula is C14H18F3NO4. The fourth-order valence-corrected chi connectivity index (χ4v) is 1.55. The molecule has 1 aromatic carbocycles. The molecule has 0 saturated heterocycles. The van der Waals surface area contributed by atoms with Gasteiger partial charge in [-0.05, 0) is 25.1 Å². The van der Waals surface area contributed by atoms with E-state index in [4.69, 9.17) is 14.2 Å². The van der Waals surface area contributed by atoms with Crippen molar-refractivity contribution in [3.05, 3.63) is 23.8 Å². The second kappa shape index (κ2) is 8.60. The third-order valence-corrected chi connectivity index (χ3v) is 2.56. The Kier molecular flexibility index (Phi) is 7.13. The molecule has 0 atom stereocenters. The summed E-state index contributed by atoms with van der Waals surface area (Å²) in [6, 6.07) is 2.88. The molecule has 0 spiro atoms. The van der Waals surface area contributed by atoms with Crippen LogP contribution in [0.2, 0.25) is 0 Å². The molecule has 0 heterocycles. The maximum absolute atomic E-state index is 12.7. The van der Waals surface area contributed by atoms with E-state index >= 15 is 0 Å². The van der Waals surface area contributed by atoms with Gasteiger partial charge in [0.1, 0.15) is 19.0 Å². The second-order valence-electron chi connectivity index (χ2n) is 4.24. The fraction of sp³-hybridized carbons (Fsp3) is 0.500. The molecule has 0 bridgehead atoms. The Balaban J connectivity index is 2.92. The first-order chi connectivity index (χ1) is 10.4. The summed E-state index contributed by atoms with van der Waals surface area (Å²) in [5.41, 5.74) is -0.936. The largest absolute Gasteiger partial charge is 0.489 e. The summed E-state index contributed by atoms with van der Waals surface area (Å²) in [7, 11) is 1.47. The van der Waals surface area contributed by atoms with Crippen molar-refractivity contribution in [1.82, 2.24) is 0 Å². The van der Waals surface area contributed by atoms with Crippen molar-refractivity contribution in [2.24, 2.45) is 0 Å². The van der Waals surface area contributed by atoms with Crippen molar-refractivity contribution in [2.45, 2.75) is 13.1 Å². The molecule has 22 heavy (non-hydrogen) atoms. The average Bonchev–Trinajstić information content (AvgIpc) is 2.45. The monoisotopic (exact) mass is 321 g/mol. The Bertz CT molecular complexity index is 491. The Labute approximate surface area is 126 Å². The molecule has 1 N–H and O–H groups in total. The summed E-state index contributed by atoms with van der Waals surface area (Å²) >= 11 is 0. The van der Waals surface area contributed by atoms with Gasteiger partial charge in [0.05, 0.1) is 17.9 Å². The first-order valence-corrected chi connectivity index (χ1v) is 6.59. The van der Waals surface area contributed by atoms with E-state index in [0.717, 1.165) is 18.2 Å². The Morgan fingerprint density at radius 2 is 2.00 bits per heavy atom. The number of anilines is 1. The van der Waals surface area contributed by atoms with Gasteiger partial charge in [0, 0.05) is 13.7 Å². The van der Waals surface area contributed by atoms with Gasteiger partial charge < -0.3 is 19.5 Å². The summed E-state index contributed by atoms with van der Waals surface area (Å²) in [6.45, 7) is 2.21. The van der Waals surface area contributed by atoms with E-state index < -0.39 is 17.6 Å². The third kappa shape index (κ3) is 5.90. The van der Waals surface area contributed by atoms with Gasteiger partial charge in [0.25, 0.3) is 0 Å². The molecule has 0 unspecified atom stereocenters. The van der Waals surface area contributed by atoms with E-state index in [1.807, 2.05) is 0 Å². The van der Waals surface area contributed by atoms with E-state index in [1.165, 1.54) is 7.11 Å². The summed E-state index contributed by atoms with van der Waals surface area (Å²) in [5.74, 6) is -0.423. The summed E-state index contributed by atoms with van der Waals surface area (Å²) < 4.78 is 53.3. The molecule has 0 saturated carbocycles. The maximum atomic E-state index is 12.7. The lowest BCUT2D eigenvalue weighted by Crippen LogP contribution is -2.19. The van der Waals surface area contributed by atoms with E-state index in [1.54, 1.807) is 6.92 Å². The van der Waals surface area contributed by atoms with Gasteiger partial charge in [-0.2, -0.15) is 13.2 Å². The minimum absolute atomic E-state index is 0.0596. The highest BCUT2D eigenvalue weighted by Gasteiger charge is 2.31. The van der Waals surface area contributed by atoms with Crippen LogP contribution in [0.25, 0.3) is 0 Å². The zero-order valence-corrected chi connectivity index (χ0v) is 12.3. The molecule has 5 nitrogen and oxygen atoms in total. The standard InChI is InChI=1S/C14H18F3NO4/c1-3-21-9-13(19)18-11-8-10(14(15,16)17)4-5-12(11)22-7-6-20-2/h4-5,8H,3,6-7,9H2,1-2H3,(H,18,19). The number of methoxy groups -OCH3 is 1. The Hall–Kier alpha value is -1.80. The van der Waals surface area contributed by atoms with Gasteiger partial charge in [-0.15, -0.1) is 0 Å². The molecule has 124 valence electrons. The number of ether oxygens (including phenoxy) is 3. The molecule has 0 aliphatic carbocycles. The first kappa shape index (κ1) is 18.2. The number of hydrogen-bond donors (Lipinski definition) is 1. The van der Waals surface area contributed by atoms with Crippen molar-refractivity contribution in [3.8, 4) is 5.75 Å². The van der Waals surface area contributed by atoms with E-state index in [2.05, 4.69) is 5.32 Å². The highest BCUT2D eigenvalue weighted by Crippen LogP contribution is 2.35. The van der Waals surface area contributed by atoms with E-state index in [9.17, 15) is 18.0 Å². The number of halogens is 3. The zero-order chi connectivity index (χ0) is 16.6. The van der Waals surface area contributed by atoms with E-state index in [0.29, 0.717) is 6.61 Å². The molecule has 0 fully saturated rings. The van der Waals surface area contributed by atoms with Gasteiger partial charge in [-0.1, -0.05) is 0 Å². The van der Waals surface area contributed by atoms with Crippen molar-refractivity contribution in [3.63, 3.8) is 0 Å². The van der Waals surface area contributed by atoms with Crippen molar-refractivity contribution in [1.29, 1.82) is 0 Å². The van der Waals surface area contributed by atoms with Gasteiger partial charge in [-0.3, -0.25) is 4.79 Å². The number of hydrogen-bond acceptors (Lipinski definition) is 4. The smallest absolute Gasteiger partial charge is 0.416 e. The molecule has 1 rings (SSSR count). The number of carbonyl (C=O) groups excluding carboxylic acids is 1. The topological polar surface area (TPSA) is 56.8 Å². The fourth-order valence-electron chi connectivity index (χ4n) is 1.55. The van der Waals surface area contributed by atoms with Crippen molar-refractivity contribution >= 4 is 11.6 Å². The quantitative estimate of drug-likeness (QED) is 0.748. The molecule has 1 amide bonds. The number of rotatable bonds is 8. The summed E-state index contributed by atoms with van der Waals surface area (Å²) in [5, 5.41) is 2.35. The van der Waals surface area contributed by atoms with Gasteiger partial charge in [-0.25, -0.2) is 0 Å². The van der Waals surface area contributed by atoms with Crippen LogP contribution < -0.4 is 10.1 Å². The van der Waals surface area contributed by atoms with Crippen LogP contribution in [0.3, 0.4) is 0 Å². The predicted molar refractivity (Wildman–Crippen MR) is 73.9 cm³/mol. The summed E-state index contributed by atoms with van der Waals surface area (Å²) in [4.78, 5) is 11.6. The third-order valence-electron chi connectivity index (χ3n) is 2.56. The summed E-state index contributed by atoms with van der Waals surface area (Å²) in [6.07, 6.45) is -4.51. The van der Waals surface area contributed by atoms with Crippen LogP contribution in [-0.2, 0) is 20.4 Å². The van der Waals surface area contributed by atoms with Crippen LogP contribution in [0.1, 0.15) is 12.5 Å². The average molecular weight is 321 g/mol. The normalized spacial score (nSPS) is 11.3.